The lowest BCUT2D eigenvalue weighted by Gasteiger charge is -2.20. The van der Waals surface area contributed by atoms with Crippen molar-refractivity contribution in [2.45, 2.75) is 0 Å². The maximum atomic E-state index is 9.71. The minimum Gasteiger partial charge on any atom is -0.276 e. The Balaban J connectivity index is 2.09. The van der Waals surface area contributed by atoms with Crippen molar-refractivity contribution in [3.63, 3.8) is 0 Å². The molecule has 0 unspecified atom stereocenters. The van der Waals surface area contributed by atoms with Crippen molar-refractivity contribution in [1.29, 1.82) is 0 Å². The SMILES string of the molecule is ON1Nc2ccccc2N1c1ncncn1. The molecule has 7 heteroatoms. The topological polar surface area (TPSA) is 77.4 Å². The minimum atomic E-state index is 0.343. The van der Waals surface area contributed by atoms with Gasteiger partial charge in [-0.25, -0.2) is 4.98 Å². The zero-order valence-corrected chi connectivity index (χ0v) is 8.15. The fourth-order valence-corrected chi connectivity index (χ4v) is 1.55. The summed E-state index contributed by atoms with van der Waals surface area (Å²) in [5, 5.41) is 12.0. The van der Waals surface area contributed by atoms with E-state index in [9.17, 15) is 5.21 Å². The molecule has 0 radical (unpaired) electrons. The predicted octanol–water partition coefficient (Wildman–Crippen LogP) is 0.956. The molecule has 2 aromatic rings. The quantitative estimate of drug-likeness (QED) is 0.734. The van der Waals surface area contributed by atoms with E-state index in [1.54, 1.807) is 0 Å². The maximum absolute atomic E-state index is 9.71. The number of hydrogen-bond donors (Lipinski definition) is 2. The molecule has 0 saturated carbocycles. The smallest absolute Gasteiger partial charge is 0.251 e. The summed E-state index contributed by atoms with van der Waals surface area (Å²) in [5.74, 6) is 0.343. The first-order chi connectivity index (χ1) is 7.86. The molecule has 1 aliphatic heterocycles. The highest BCUT2D eigenvalue weighted by Crippen LogP contribution is 2.35. The van der Waals surface area contributed by atoms with Gasteiger partial charge in [0.1, 0.15) is 12.7 Å². The summed E-state index contributed by atoms with van der Waals surface area (Å²) in [5.41, 5.74) is 4.32. The molecule has 1 aliphatic rings. The summed E-state index contributed by atoms with van der Waals surface area (Å²) in [6, 6.07) is 7.44. The van der Waals surface area contributed by atoms with Crippen LogP contribution < -0.4 is 10.4 Å². The number of anilines is 3. The van der Waals surface area contributed by atoms with E-state index in [4.69, 9.17) is 0 Å². The predicted molar refractivity (Wildman–Crippen MR) is 55.7 cm³/mol. The third-order valence-corrected chi connectivity index (χ3v) is 2.21. The van der Waals surface area contributed by atoms with E-state index in [-0.39, 0.29) is 0 Å². The van der Waals surface area contributed by atoms with E-state index in [0.717, 1.165) is 16.7 Å². The second kappa shape index (κ2) is 3.40. The lowest BCUT2D eigenvalue weighted by Crippen LogP contribution is -2.36. The van der Waals surface area contributed by atoms with Gasteiger partial charge in [0.15, 0.2) is 0 Å². The van der Waals surface area contributed by atoms with Gasteiger partial charge in [-0.3, -0.25) is 10.6 Å². The van der Waals surface area contributed by atoms with Gasteiger partial charge in [-0.15, -0.1) is 0 Å². The normalized spacial score (nSPS) is 14.7. The van der Waals surface area contributed by atoms with Crippen molar-refractivity contribution in [3.8, 4) is 0 Å². The Kier molecular flexibility index (Phi) is 1.92. The molecule has 7 nitrogen and oxygen atoms in total. The van der Waals surface area contributed by atoms with Crippen molar-refractivity contribution in [2.24, 2.45) is 0 Å². The third-order valence-electron chi connectivity index (χ3n) is 2.21. The van der Waals surface area contributed by atoms with Crippen molar-refractivity contribution in [3.05, 3.63) is 36.9 Å². The van der Waals surface area contributed by atoms with Gasteiger partial charge in [-0.05, 0) is 12.1 Å². The van der Waals surface area contributed by atoms with Crippen LogP contribution in [0.1, 0.15) is 0 Å². The maximum Gasteiger partial charge on any atom is 0.251 e. The lowest BCUT2D eigenvalue weighted by atomic mass is 10.3. The standard InChI is InChI=1S/C9H8N6O/c16-15-13-7-3-1-2-4-8(7)14(15)9-11-5-10-6-12-9/h1-6,13,16H. The Bertz CT molecular complexity index is 504. The number of aromatic nitrogens is 3. The minimum absolute atomic E-state index is 0.343. The van der Waals surface area contributed by atoms with Crippen molar-refractivity contribution >= 4 is 17.3 Å². The number of nitrogens with one attached hydrogen (secondary N) is 1. The fraction of sp³-hybridized carbons (Fsp3) is 0. The summed E-state index contributed by atoms with van der Waals surface area (Å²) in [7, 11) is 0. The molecule has 1 aromatic heterocycles. The van der Waals surface area contributed by atoms with Gasteiger partial charge in [-0.1, -0.05) is 12.1 Å². The van der Waals surface area contributed by atoms with Gasteiger partial charge in [-0.2, -0.15) is 15.0 Å². The Labute approximate surface area is 90.9 Å². The fourth-order valence-electron chi connectivity index (χ4n) is 1.55. The van der Waals surface area contributed by atoms with Crippen LogP contribution >= 0.6 is 0 Å². The molecule has 0 spiro atoms. The molecule has 80 valence electrons. The molecule has 0 atom stereocenters. The van der Waals surface area contributed by atoms with E-state index in [1.165, 1.54) is 17.7 Å². The Morgan fingerprint density at radius 1 is 1.12 bits per heavy atom. The van der Waals surface area contributed by atoms with Crippen LogP contribution in [-0.4, -0.2) is 25.4 Å². The Hall–Kier alpha value is -2.25. The largest absolute Gasteiger partial charge is 0.276 e. The second-order valence-corrected chi connectivity index (χ2v) is 3.17. The van der Waals surface area contributed by atoms with Crippen molar-refractivity contribution < 1.29 is 5.21 Å². The number of para-hydroxylation sites is 2. The molecule has 3 rings (SSSR count). The van der Waals surface area contributed by atoms with E-state index >= 15 is 0 Å². The molecule has 16 heavy (non-hydrogen) atoms. The summed E-state index contributed by atoms with van der Waals surface area (Å²) in [6.45, 7) is 0. The van der Waals surface area contributed by atoms with Crippen LogP contribution in [0.4, 0.5) is 17.3 Å². The number of fused-ring (bicyclic) bond motifs is 1. The van der Waals surface area contributed by atoms with E-state index in [1.807, 2.05) is 24.3 Å². The van der Waals surface area contributed by atoms with E-state index in [0.29, 0.717) is 5.95 Å². The number of rotatable bonds is 1. The van der Waals surface area contributed by atoms with Gasteiger partial charge in [0, 0.05) is 5.28 Å². The highest BCUT2D eigenvalue weighted by molar-refractivity contribution is 5.76. The summed E-state index contributed by atoms with van der Waals surface area (Å²) in [6.07, 6.45) is 2.74. The summed E-state index contributed by atoms with van der Waals surface area (Å²) < 4.78 is 0. The Morgan fingerprint density at radius 3 is 2.69 bits per heavy atom. The Morgan fingerprint density at radius 2 is 1.88 bits per heavy atom. The molecule has 2 N–H and O–H groups in total. The molecule has 2 heterocycles. The molecule has 0 fully saturated rings. The van der Waals surface area contributed by atoms with Gasteiger partial charge < -0.3 is 0 Å². The molecule has 0 aliphatic carbocycles. The zero-order chi connectivity index (χ0) is 11.0. The van der Waals surface area contributed by atoms with E-state index in [2.05, 4.69) is 20.4 Å². The molecule has 0 bridgehead atoms. The van der Waals surface area contributed by atoms with Crippen LogP contribution in [-0.2, 0) is 0 Å². The zero-order valence-electron chi connectivity index (χ0n) is 8.15. The van der Waals surface area contributed by atoms with E-state index < -0.39 is 0 Å². The lowest BCUT2D eigenvalue weighted by molar-refractivity contribution is -0.0608. The van der Waals surface area contributed by atoms with Crippen LogP contribution in [0.25, 0.3) is 0 Å². The van der Waals surface area contributed by atoms with Crippen molar-refractivity contribution in [1.82, 2.24) is 20.2 Å². The molecule has 0 amide bonds. The molecule has 1 aromatic carbocycles. The average molecular weight is 216 g/mol. The first-order valence-corrected chi connectivity index (χ1v) is 4.63. The second-order valence-electron chi connectivity index (χ2n) is 3.17. The molecular formula is C9H8N6O. The summed E-state index contributed by atoms with van der Waals surface area (Å²) in [4.78, 5) is 11.7. The highest BCUT2D eigenvalue weighted by atomic mass is 16.6. The first-order valence-electron chi connectivity index (χ1n) is 4.63. The van der Waals surface area contributed by atoms with Gasteiger partial charge in [0.25, 0.3) is 5.95 Å². The molecular weight excluding hydrogens is 208 g/mol. The average Bonchev–Trinajstić information content (AvgIpc) is 2.66. The van der Waals surface area contributed by atoms with Crippen LogP contribution in [0, 0.1) is 0 Å². The third kappa shape index (κ3) is 1.27. The van der Waals surface area contributed by atoms with Crippen LogP contribution in [0.3, 0.4) is 0 Å². The van der Waals surface area contributed by atoms with Crippen LogP contribution in [0.15, 0.2) is 36.9 Å². The summed E-state index contributed by atoms with van der Waals surface area (Å²) >= 11 is 0. The molecule has 0 saturated heterocycles. The van der Waals surface area contributed by atoms with Gasteiger partial charge in [0.2, 0.25) is 0 Å². The van der Waals surface area contributed by atoms with Crippen LogP contribution in [0.2, 0.25) is 0 Å². The monoisotopic (exact) mass is 216 g/mol. The van der Waals surface area contributed by atoms with Crippen molar-refractivity contribution in [2.75, 3.05) is 10.4 Å². The number of benzene rings is 1. The number of nitrogens with zero attached hydrogens (tertiary/aromatic N) is 5. The number of hydrogen-bond acceptors (Lipinski definition) is 7. The van der Waals surface area contributed by atoms with Crippen LogP contribution in [0.5, 0.6) is 0 Å². The first kappa shape index (κ1) is 9.01. The number of hydrazine groups is 2. The van der Waals surface area contributed by atoms with Gasteiger partial charge >= 0.3 is 0 Å². The highest BCUT2D eigenvalue weighted by Gasteiger charge is 2.28. The van der Waals surface area contributed by atoms with Gasteiger partial charge in [0.05, 0.1) is 11.4 Å².